The van der Waals surface area contributed by atoms with E-state index in [2.05, 4.69) is 5.32 Å². The molecule has 0 radical (unpaired) electrons. The van der Waals surface area contributed by atoms with Crippen molar-refractivity contribution in [2.45, 2.75) is 44.7 Å². The van der Waals surface area contributed by atoms with Crippen LogP contribution >= 0.6 is 0 Å². The fourth-order valence-electron chi connectivity index (χ4n) is 2.16. The van der Waals surface area contributed by atoms with Gasteiger partial charge in [-0.05, 0) is 26.8 Å². The SMILES string of the molecule is CC(C(=O)NC1CCCC1)N(C)CCOCCO. The molecule has 0 aromatic rings. The van der Waals surface area contributed by atoms with E-state index in [1.54, 1.807) is 0 Å². The highest BCUT2D eigenvalue weighted by Crippen LogP contribution is 2.17. The molecule has 1 rings (SSSR count). The zero-order chi connectivity index (χ0) is 13.4. The molecule has 5 heteroatoms. The Bertz CT molecular complexity index is 242. The fourth-order valence-corrected chi connectivity index (χ4v) is 2.16. The van der Waals surface area contributed by atoms with E-state index in [-0.39, 0.29) is 18.6 Å². The summed E-state index contributed by atoms with van der Waals surface area (Å²) in [6.45, 7) is 3.55. The van der Waals surface area contributed by atoms with Crippen LogP contribution in [0.5, 0.6) is 0 Å². The molecule has 0 aromatic heterocycles. The van der Waals surface area contributed by atoms with Crippen LogP contribution in [0, 0.1) is 0 Å². The Labute approximate surface area is 109 Å². The fraction of sp³-hybridized carbons (Fsp3) is 0.923. The number of amides is 1. The van der Waals surface area contributed by atoms with Crippen LogP contribution in [-0.4, -0.2) is 61.4 Å². The second-order valence-electron chi connectivity index (χ2n) is 4.98. The molecule has 2 N–H and O–H groups in total. The van der Waals surface area contributed by atoms with Gasteiger partial charge in [-0.1, -0.05) is 12.8 Å². The predicted molar refractivity (Wildman–Crippen MR) is 70.4 cm³/mol. The Morgan fingerprint density at radius 2 is 2.11 bits per heavy atom. The van der Waals surface area contributed by atoms with Crippen molar-refractivity contribution in [3.8, 4) is 0 Å². The number of hydrogen-bond acceptors (Lipinski definition) is 4. The first kappa shape index (κ1) is 15.4. The molecular formula is C13H26N2O3. The molecule has 1 saturated carbocycles. The summed E-state index contributed by atoms with van der Waals surface area (Å²) in [7, 11) is 1.92. The van der Waals surface area contributed by atoms with Gasteiger partial charge < -0.3 is 15.2 Å². The summed E-state index contributed by atoms with van der Waals surface area (Å²) in [5.74, 6) is 0.103. The van der Waals surface area contributed by atoms with Crippen LogP contribution in [0.2, 0.25) is 0 Å². The second kappa shape index (κ2) is 8.45. The van der Waals surface area contributed by atoms with E-state index in [0.717, 1.165) is 12.8 Å². The lowest BCUT2D eigenvalue weighted by molar-refractivity contribution is -0.126. The van der Waals surface area contributed by atoms with Crippen LogP contribution in [0.25, 0.3) is 0 Å². The van der Waals surface area contributed by atoms with Gasteiger partial charge in [0.25, 0.3) is 0 Å². The van der Waals surface area contributed by atoms with Gasteiger partial charge in [0, 0.05) is 12.6 Å². The minimum absolute atomic E-state index is 0.0431. The maximum Gasteiger partial charge on any atom is 0.237 e. The lowest BCUT2D eigenvalue weighted by Gasteiger charge is -2.25. The Hall–Kier alpha value is -0.650. The molecule has 1 atom stereocenters. The highest BCUT2D eigenvalue weighted by atomic mass is 16.5. The minimum Gasteiger partial charge on any atom is -0.394 e. The smallest absolute Gasteiger partial charge is 0.237 e. The quantitative estimate of drug-likeness (QED) is 0.618. The van der Waals surface area contributed by atoms with E-state index in [9.17, 15) is 4.79 Å². The minimum atomic E-state index is -0.136. The van der Waals surface area contributed by atoms with Gasteiger partial charge >= 0.3 is 0 Å². The third-order valence-electron chi connectivity index (χ3n) is 3.57. The summed E-state index contributed by atoms with van der Waals surface area (Å²) < 4.78 is 5.19. The van der Waals surface area contributed by atoms with Gasteiger partial charge in [0.15, 0.2) is 0 Å². The molecular weight excluding hydrogens is 232 g/mol. The number of carbonyl (C=O) groups excluding carboxylic acids is 1. The molecule has 1 unspecified atom stereocenters. The van der Waals surface area contributed by atoms with Gasteiger partial charge in [-0.2, -0.15) is 0 Å². The summed E-state index contributed by atoms with van der Waals surface area (Å²) in [4.78, 5) is 14.0. The molecule has 0 aromatic carbocycles. The van der Waals surface area contributed by atoms with Crippen molar-refractivity contribution in [3.05, 3.63) is 0 Å². The van der Waals surface area contributed by atoms with Crippen molar-refractivity contribution in [3.63, 3.8) is 0 Å². The standard InChI is InChI=1S/C13H26N2O3/c1-11(15(2)7-9-18-10-8-16)13(17)14-12-5-3-4-6-12/h11-12,16H,3-10H2,1-2H3,(H,14,17). The van der Waals surface area contributed by atoms with E-state index in [0.29, 0.717) is 25.8 Å². The lowest BCUT2D eigenvalue weighted by Crippen LogP contribution is -2.47. The topological polar surface area (TPSA) is 61.8 Å². The highest BCUT2D eigenvalue weighted by molar-refractivity contribution is 5.81. The number of hydrogen-bond donors (Lipinski definition) is 2. The Morgan fingerprint density at radius 1 is 1.44 bits per heavy atom. The first-order valence-electron chi connectivity index (χ1n) is 6.84. The van der Waals surface area contributed by atoms with Gasteiger partial charge in [0.1, 0.15) is 0 Å². The lowest BCUT2D eigenvalue weighted by atomic mass is 10.2. The zero-order valence-electron chi connectivity index (χ0n) is 11.5. The maximum absolute atomic E-state index is 12.0. The number of carbonyl (C=O) groups is 1. The molecule has 1 fully saturated rings. The highest BCUT2D eigenvalue weighted by Gasteiger charge is 2.22. The van der Waals surface area contributed by atoms with Crippen molar-refractivity contribution >= 4 is 5.91 Å². The molecule has 0 bridgehead atoms. The Morgan fingerprint density at radius 3 is 2.72 bits per heavy atom. The number of rotatable bonds is 8. The van der Waals surface area contributed by atoms with E-state index < -0.39 is 0 Å². The second-order valence-corrected chi connectivity index (χ2v) is 4.98. The normalized spacial score (nSPS) is 18.2. The Kier molecular flexibility index (Phi) is 7.23. The number of nitrogens with zero attached hydrogens (tertiary/aromatic N) is 1. The Balaban J connectivity index is 2.19. The molecule has 5 nitrogen and oxygen atoms in total. The molecule has 106 valence electrons. The largest absolute Gasteiger partial charge is 0.394 e. The summed E-state index contributed by atoms with van der Waals surface area (Å²) in [5.41, 5.74) is 0. The third-order valence-corrected chi connectivity index (χ3v) is 3.57. The monoisotopic (exact) mass is 258 g/mol. The average Bonchev–Trinajstić information content (AvgIpc) is 2.86. The summed E-state index contributed by atoms with van der Waals surface area (Å²) in [6, 6.07) is 0.238. The number of likely N-dealkylation sites (N-methyl/N-ethyl adjacent to an activating group) is 1. The van der Waals surface area contributed by atoms with Crippen LogP contribution in [-0.2, 0) is 9.53 Å². The molecule has 0 aliphatic heterocycles. The van der Waals surface area contributed by atoms with Crippen LogP contribution < -0.4 is 5.32 Å². The zero-order valence-corrected chi connectivity index (χ0v) is 11.5. The van der Waals surface area contributed by atoms with E-state index in [4.69, 9.17) is 9.84 Å². The van der Waals surface area contributed by atoms with Crippen molar-refractivity contribution < 1.29 is 14.6 Å². The molecule has 18 heavy (non-hydrogen) atoms. The van der Waals surface area contributed by atoms with E-state index in [1.165, 1.54) is 12.8 Å². The van der Waals surface area contributed by atoms with Crippen molar-refractivity contribution in [1.82, 2.24) is 10.2 Å². The molecule has 0 heterocycles. The number of aliphatic hydroxyl groups is 1. The van der Waals surface area contributed by atoms with Crippen LogP contribution in [0.4, 0.5) is 0 Å². The first-order chi connectivity index (χ1) is 8.65. The first-order valence-corrected chi connectivity index (χ1v) is 6.84. The average molecular weight is 258 g/mol. The van der Waals surface area contributed by atoms with Crippen molar-refractivity contribution in [1.29, 1.82) is 0 Å². The van der Waals surface area contributed by atoms with E-state index >= 15 is 0 Å². The van der Waals surface area contributed by atoms with Crippen LogP contribution in [0.3, 0.4) is 0 Å². The van der Waals surface area contributed by atoms with Crippen LogP contribution in [0.15, 0.2) is 0 Å². The number of nitrogens with one attached hydrogen (secondary N) is 1. The van der Waals surface area contributed by atoms with Crippen molar-refractivity contribution in [2.24, 2.45) is 0 Å². The van der Waals surface area contributed by atoms with E-state index in [1.807, 2.05) is 18.9 Å². The predicted octanol–water partition coefficient (Wildman–Crippen LogP) is 0.374. The summed E-state index contributed by atoms with van der Waals surface area (Å²) >= 11 is 0. The van der Waals surface area contributed by atoms with Gasteiger partial charge in [-0.25, -0.2) is 0 Å². The molecule has 0 spiro atoms. The maximum atomic E-state index is 12.0. The summed E-state index contributed by atoms with van der Waals surface area (Å²) in [6.07, 6.45) is 4.68. The van der Waals surface area contributed by atoms with Gasteiger partial charge in [-0.15, -0.1) is 0 Å². The molecule has 0 saturated heterocycles. The van der Waals surface area contributed by atoms with Crippen LogP contribution in [0.1, 0.15) is 32.6 Å². The summed E-state index contributed by atoms with van der Waals surface area (Å²) in [5, 5.41) is 11.7. The van der Waals surface area contributed by atoms with Gasteiger partial charge in [0.2, 0.25) is 5.91 Å². The third kappa shape index (κ3) is 5.33. The number of aliphatic hydroxyl groups excluding tert-OH is 1. The number of ether oxygens (including phenoxy) is 1. The van der Waals surface area contributed by atoms with Gasteiger partial charge in [0.05, 0.1) is 25.9 Å². The van der Waals surface area contributed by atoms with Gasteiger partial charge in [-0.3, -0.25) is 9.69 Å². The molecule has 1 aliphatic rings. The molecule has 1 amide bonds. The molecule has 1 aliphatic carbocycles. The van der Waals surface area contributed by atoms with Crippen molar-refractivity contribution in [2.75, 3.05) is 33.4 Å².